The zero-order valence-electron chi connectivity index (χ0n) is 24.6. The van der Waals surface area contributed by atoms with Gasteiger partial charge in [0, 0.05) is 25.6 Å². The second-order valence-corrected chi connectivity index (χ2v) is 13.0. The smallest absolute Gasteiger partial charge is 0.244 e. The van der Waals surface area contributed by atoms with Crippen LogP contribution >= 0.6 is 0 Å². The van der Waals surface area contributed by atoms with Crippen molar-refractivity contribution in [2.24, 2.45) is 5.92 Å². The van der Waals surface area contributed by atoms with Gasteiger partial charge in [-0.2, -0.15) is 0 Å². The number of rotatable bonds is 13. The summed E-state index contributed by atoms with van der Waals surface area (Å²) >= 11 is 0. The van der Waals surface area contributed by atoms with Crippen molar-refractivity contribution in [3.8, 4) is 11.5 Å². The Bertz CT molecular complexity index is 1480. The molecule has 0 aromatic heterocycles. The fourth-order valence-corrected chi connectivity index (χ4v) is 5.68. The molecule has 224 valence electrons. The number of hydrogen-bond acceptors (Lipinski definition) is 6. The van der Waals surface area contributed by atoms with Gasteiger partial charge in [-0.15, -0.1) is 0 Å². The maximum Gasteiger partial charge on any atom is 0.244 e. The van der Waals surface area contributed by atoms with Crippen molar-refractivity contribution in [1.82, 2.24) is 10.2 Å². The van der Waals surface area contributed by atoms with Crippen molar-refractivity contribution in [2.75, 3.05) is 29.9 Å². The van der Waals surface area contributed by atoms with Gasteiger partial charge in [0.1, 0.15) is 12.6 Å². The van der Waals surface area contributed by atoms with E-state index in [4.69, 9.17) is 9.47 Å². The van der Waals surface area contributed by atoms with Crippen molar-refractivity contribution < 1.29 is 27.5 Å². The van der Waals surface area contributed by atoms with E-state index in [1.165, 1.54) is 11.8 Å². The Labute approximate surface area is 248 Å². The van der Waals surface area contributed by atoms with Gasteiger partial charge in [-0.1, -0.05) is 74.0 Å². The molecule has 0 aliphatic carbocycles. The van der Waals surface area contributed by atoms with E-state index < -0.39 is 28.5 Å². The molecule has 3 aromatic carbocycles. The molecule has 0 unspecified atom stereocenters. The van der Waals surface area contributed by atoms with Crippen LogP contribution in [0.3, 0.4) is 0 Å². The minimum absolute atomic E-state index is 0.0369. The number of nitrogens with one attached hydrogen (secondary N) is 1. The highest BCUT2D eigenvalue weighted by Gasteiger charge is 2.34. The molecule has 1 aliphatic heterocycles. The third kappa shape index (κ3) is 7.82. The number of amides is 2. The lowest BCUT2D eigenvalue weighted by atomic mass is 10.0. The Balaban J connectivity index is 1.73. The molecule has 3 aromatic rings. The minimum Gasteiger partial charge on any atom is -0.454 e. The van der Waals surface area contributed by atoms with Crippen molar-refractivity contribution in [3.63, 3.8) is 0 Å². The number of benzene rings is 3. The maximum absolute atomic E-state index is 14.3. The molecule has 4 rings (SSSR count). The van der Waals surface area contributed by atoms with E-state index in [0.717, 1.165) is 21.0 Å². The number of ether oxygens (including phenoxy) is 2. The molecule has 1 atom stereocenters. The van der Waals surface area contributed by atoms with Crippen LogP contribution in [0.2, 0.25) is 0 Å². The standard InChI is InChI=1S/C32H39N3O6S/c1-5-42(38,39)35(27-15-16-29-30(18-27)41-22-40-29)21-31(36)34(20-26-13-11-24(4)12-14-26)28(32(37)33-19-23(2)3)17-25-9-7-6-8-10-25/h6-16,18,23,28H,5,17,19-22H2,1-4H3,(H,33,37)/t28-/m1/s1. The molecule has 0 saturated heterocycles. The number of fused-ring (bicyclic) bond motifs is 1. The van der Waals surface area contributed by atoms with Crippen molar-refractivity contribution >= 4 is 27.5 Å². The molecule has 0 spiro atoms. The largest absolute Gasteiger partial charge is 0.454 e. The second-order valence-electron chi connectivity index (χ2n) is 10.8. The summed E-state index contributed by atoms with van der Waals surface area (Å²) < 4.78 is 38.6. The predicted molar refractivity (Wildman–Crippen MR) is 163 cm³/mol. The lowest BCUT2D eigenvalue weighted by Gasteiger charge is -2.34. The van der Waals surface area contributed by atoms with Gasteiger partial charge >= 0.3 is 0 Å². The normalized spacial score (nSPS) is 13.1. The summed E-state index contributed by atoms with van der Waals surface area (Å²) in [6, 6.07) is 21.1. The van der Waals surface area contributed by atoms with Gasteiger partial charge < -0.3 is 19.7 Å². The summed E-state index contributed by atoms with van der Waals surface area (Å²) in [4.78, 5) is 29.5. The van der Waals surface area contributed by atoms with Crippen LogP contribution < -0.4 is 19.1 Å². The van der Waals surface area contributed by atoms with Crippen molar-refractivity contribution in [1.29, 1.82) is 0 Å². The molecule has 9 nitrogen and oxygen atoms in total. The molecule has 0 radical (unpaired) electrons. The van der Waals surface area contributed by atoms with Crippen LogP contribution in [-0.2, 0) is 32.6 Å². The van der Waals surface area contributed by atoms with E-state index in [0.29, 0.717) is 18.0 Å². The number of hydrogen-bond donors (Lipinski definition) is 1. The maximum atomic E-state index is 14.3. The zero-order chi connectivity index (χ0) is 30.3. The summed E-state index contributed by atoms with van der Waals surface area (Å²) in [5, 5.41) is 2.99. The number of carbonyl (C=O) groups is 2. The lowest BCUT2D eigenvalue weighted by molar-refractivity contribution is -0.140. The first kappa shape index (κ1) is 30.9. The highest BCUT2D eigenvalue weighted by atomic mass is 32.2. The third-order valence-corrected chi connectivity index (χ3v) is 8.79. The van der Waals surface area contributed by atoms with Crippen LogP contribution in [0.5, 0.6) is 11.5 Å². The number of sulfonamides is 1. The molecular formula is C32H39N3O6S. The van der Waals surface area contributed by atoms with Gasteiger partial charge in [0.15, 0.2) is 11.5 Å². The molecule has 2 amide bonds. The Morgan fingerprint density at radius 1 is 0.929 bits per heavy atom. The van der Waals surface area contributed by atoms with E-state index >= 15 is 0 Å². The van der Waals surface area contributed by atoms with E-state index in [-0.39, 0.29) is 43.0 Å². The van der Waals surface area contributed by atoms with E-state index in [2.05, 4.69) is 5.32 Å². The molecule has 1 aliphatic rings. The van der Waals surface area contributed by atoms with Gasteiger partial charge in [0.2, 0.25) is 28.6 Å². The average Bonchev–Trinajstić information content (AvgIpc) is 3.46. The van der Waals surface area contributed by atoms with Crippen LogP contribution in [0.1, 0.15) is 37.5 Å². The Morgan fingerprint density at radius 2 is 1.62 bits per heavy atom. The van der Waals surface area contributed by atoms with Gasteiger partial charge in [0.25, 0.3) is 0 Å². The van der Waals surface area contributed by atoms with Crippen molar-refractivity contribution in [2.45, 2.75) is 46.7 Å². The number of aryl methyl sites for hydroxylation is 1. The van der Waals surface area contributed by atoms with Gasteiger partial charge in [-0.3, -0.25) is 13.9 Å². The second kappa shape index (κ2) is 13.7. The predicted octanol–water partition coefficient (Wildman–Crippen LogP) is 4.29. The van der Waals surface area contributed by atoms with Crippen LogP contribution in [0.25, 0.3) is 0 Å². The monoisotopic (exact) mass is 593 g/mol. The summed E-state index contributed by atoms with van der Waals surface area (Å²) in [5.74, 6) is 0.123. The third-order valence-electron chi connectivity index (χ3n) is 7.05. The Kier molecular flexibility index (Phi) is 10.1. The lowest BCUT2D eigenvalue weighted by Crippen LogP contribution is -2.53. The molecule has 0 bridgehead atoms. The van der Waals surface area contributed by atoms with Crippen LogP contribution in [-0.4, -0.2) is 56.8 Å². The minimum atomic E-state index is -3.88. The molecule has 0 fully saturated rings. The first-order chi connectivity index (χ1) is 20.1. The zero-order valence-corrected chi connectivity index (χ0v) is 25.4. The fraction of sp³-hybridized carbons (Fsp3) is 0.375. The average molecular weight is 594 g/mol. The van der Waals surface area contributed by atoms with Crippen LogP contribution in [0, 0.1) is 12.8 Å². The van der Waals surface area contributed by atoms with Gasteiger partial charge in [0.05, 0.1) is 11.4 Å². The Morgan fingerprint density at radius 3 is 2.29 bits per heavy atom. The number of anilines is 1. The molecule has 1 N–H and O–H groups in total. The molecular weight excluding hydrogens is 554 g/mol. The summed E-state index contributed by atoms with van der Waals surface area (Å²) in [6.45, 7) is 7.64. The number of carbonyl (C=O) groups excluding carboxylic acids is 2. The van der Waals surface area contributed by atoms with Crippen LogP contribution in [0.15, 0.2) is 72.8 Å². The van der Waals surface area contributed by atoms with Crippen molar-refractivity contribution in [3.05, 3.63) is 89.5 Å². The quantitative estimate of drug-likeness (QED) is 0.317. The highest BCUT2D eigenvalue weighted by Crippen LogP contribution is 2.36. The van der Waals surface area contributed by atoms with Gasteiger partial charge in [-0.25, -0.2) is 8.42 Å². The topological polar surface area (TPSA) is 105 Å². The van der Waals surface area contributed by atoms with E-state index in [1.807, 2.05) is 75.4 Å². The van der Waals surface area contributed by atoms with Gasteiger partial charge in [-0.05, 0) is 43.0 Å². The van der Waals surface area contributed by atoms with E-state index in [9.17, 15) is 18.0 Å². The molecule has 0 saturated carbocycles. The first-order valence-electron chi connectivity index (χ1n) is 14.1. The summed E-state index contributed by atoms with van der Waals surface area (Å²) in [6.07, 6.45) is 0.271. The number of nitrogens with zero attached hydrogens (tertiary/aromatic N) is 2. The SMILES string of the molecule is CCS(=O)(=O)N(CC(=O)N(Cc1ccc(C)cc1)[C@H](Cc1ccccc1)C(=O)NCC(C)C)c1ccc2c(c1)OCO2. The summed E-state index contributed by atoms with van der Waals surface area (Å²) in [5.41, 5.74) is 3.07. The molecule has 1 heterocycles. The Hall–Kier alpha value is -4.05. The molecule has 42 heavy (non-hydrogen) atoms. The summed E-state index contributed by atoms with van der Waals surface area (Å²) in [7, 11) is -3.88. The highest BCUT2D eigenvalue weighted by molar-refractivity contribution is 7.92. The van der Waals surface area contributed by atoms with E-state index in [1.54, 1.807) is 18.2 Å². The van der Waals surface area contributed by atoms with Crippen LogP contribution in [0.4, 0.5) is 5.69 Å². The molecule has 10 heteroatoms. The first-order valence-corrected chi connectivity index (χ1v) is 15.7. The fourth-order valence-electron chi connectivity index (χ4n) is 4.63.